The fourth-order valence-corrected chi connectivity index (χ4v) is 3.07. The van der Waals surface area contributed by atoms with E-state index in [0.717, 1.165) is 23.5 Å². The molecule has 0 aliphatic heterocycles. The van der Waals surface area contributed by atoms with E-state index in [1.165, 1.54) is 20.2 Å². The van der Waals surface area contributed by atoms with Gasteiger partial charge in [-0.2, -0.15) is 4.31 Å². The summed E-state index contributed by atoms with van der Waals surface area (Å²) >= 11 is 0. The molecule has 118 valence electrons. The average molecular weight is 317 g/mol. The van der Waals surface area contributed by atoms with Gasteiger partial charge in [0.25, 0.3) is 0 Å². The number of hydrogen-bond donors (Lipinski definition) is 1. The summed E-state index contributed by atoms with van der Waals surface area (Å²) in [7, 11) is 0.241. The van der Waals surface area contributed by atoms with Crippen molar-refractivity contribution < 1.29 is 27.8 Å². The predicted octanol–water partition coefficient (Wildman–Crippen LogP) is 0.834. The average Bonchev–Trinajstić information content (AvgIpc) is 2.46. The van der Waals surface area contributed by atoms with Crippen LogP contribution in [0.15, 0.2) is 23.1 Å². The van der Waals surface area contributed by atoms with Crippen LogP contribution in [-0.4, -0.2) is 57.7 Å². The largest absolute Gasteiger partial charge is 0.507 e. The maximum absolute atomic E-state index is 12.5. The van der Waals surface area contributed by atoms with E-state index in [9.17, 15) is 18.3 Å². The molecule has 0 heterocycles. The Hall–Kier alpha value is -1.64. The van der Waals surface area contributed by atoms with Crippen LogP contribution in [0.3, 0.4) is 0 Å². The number of nitrogens with zero attached hydrogens (tertiary/aromatic N) is 1. The van der Waals surface area contributed by atoms with Gasteiger partial charge in [0, 0.05) is 20.2 Å². The molecule has 1 aromatic rings. The van der Waals surface area contributed by atoms with Crippen LogP contribution in [0.1, 0.15) is 17.3 Å². The van der Waals surface area contributed by atoms with Gasteiger partial charge < -0.3 is 14.6 Å². The van der Waals surface area contributed by atoms with E-state index in [1.54, 1.807) is 6.92 Å². The van der Waals surface area contributed by atoms with Gasteiger partial charge in [-0.3, -0.25) is 0 Å². The van der Waals surface area contributed by atoms with Gasteiger partial charge in [0.1, 0.15) is 11.3 Å². The third kappa shape index (κ3) is 3.72. The minimum Gasteiger partial charge on any atom is -0.507 e. The number of methoxy groups -OCH3 is 2. The summed E-state index contributed by atoms with van der Waals surface area (Å²) in [6.45, 7) is 1.93. The normalized spacial score (nSPS) is 13.2. The fourth-order valence-electron chi connectivity index (χ4n) is 1.70. The number of esters is 1. The van der Waals surface area contributed by atoms with Crippen molar-refractivity contribution in [2.45, 2.75) is 17.9 Å². The molecule has 1 N–H and O–H groups in total. The first-order valence-corrected chi connectivity index (χ1v) is 7.58. The second-order valence-electron chi connectivity index (χ2n) is 4.50. The molecule has 0 aliphatic rings. The number of phenols is 1. The molecule has 1 rings (SSSR count). The molecule has 0 saturated carbocycles. The summed E-state index contributed by atoms with van der Waals surface area (Å²) in [5.74, 6) is -1.15. The van der Waals surface area contributed by atoms with Gasteiger partial charge in [0.05, 0.1) is 18.6 Å². The van der Waals surface area contributed by atoms with Crippen LogP contribution in [0, 0.1) is 0 Å². The number of aromatic hydroxyl groups is 1. The Morgan fingerprint density at radius 2 is 2.00 bits per heavy atom. The first-order chi connectivity index (χ1) is 9.75. The molecule has 1 aromatic carbocycles. The second kappa shape index (κ2) is 6.88. The van der Waals surface area contributed by atoms with Crippen LogP contribution in [0.25, 0.3) is 0 Å². The molecule has 0 aliphatic carbocycles. The Morgan fingerprint density at radius 1 is 1.38 bits per heavy atom. The standard InChI is InChI=1S/C13H19NO6S/c1-9(8-19-3)14(2)21(17,18)10-5-6-12(15)11(7-10)13(16)20-4/h5-7,9,15H,8H2,1-4H3. The van der Waals surface area contributed by atoms with Crippen molar-refractivity contribution in [1.29, 1.82) is 0 Å². The van der Waals surface area contributed by atoms with Crippen molar-refractivity contribution in [2.24, 2.45) is 0 Å². The zero-order valence-corrected chi connectivity index (χ0v) is 13.2. The quantitative estimate of drug-likeness (QED) is 0.781. The Morgan fingerprint density at radius 3 is 2.52 bits per heavy atom. The van der Waals surface area contributed by atoms with Crippen LogP contribution in [-0.2, 0) is 19.5 Å². The highest BCUT2D eigenvalue weighted by molar-refractivity contribution is 7.89. The van der Waals surface area contributed by atoms with Crippen LogP contribution >= 0.6 is 0 Å². The van der Waals surface area contributed by atoms with E-state index in [4.69, 9.17) is 4.74 Å². The molecule has 0 fully saturated rings. The highest BCUT2D eigenvalue weighted by Gasteiger charge is 2.27. The minimum absolute atomic E-state index is 0.105. The topological polar surface area (TPSA) is 93.1 Å². The molecule has 21 heavy (non-hydrogen) atoms. The van der Waals surface area contributed by atoms with E-state index in [2.05, 4.69) is 4.74 Å². The summed E-state index contributed by atoms with van der Waals surface area (Å²) in [5, 5.41) is 9.60. The van der Waals surface area contributed by atoms with Crippen molar-refractivity contribution in [2.75, 3.05) is 27.9 Å². The molecular weight excluding hydrogens is 298 g/mol. The summed E-state index contributed by atoms with van der Waals surface area (Å²) in [6, 6.07) is 3.09. The Kier molecular flexibility index (Phi) is 5.70. The lowest BCUT2D eigenvalue weighted by molar-refractivity contribution is 0.0597. The number of carbonyl (C=O) groups excluding carboxylic acids is 1. The molecule has 0 saturated heterocycles. The highest BCUT2D eigenvalue weighted by Crippen LogP contribution is 2.24. The second-order valence-corrected chi connectivity index (χ2v) is 6.49. The SMILES string of the molecule is COCC(C)N(C)S(=O)(=O)c1ccc(O)c(C(=O)OC)c1. The minimum atomic E-state index is -3.81. The number of rotatable bonds is 6. The zero-order valence-electron chi connectivity index (χ0n) is 12.4. The van der Waals surface area contributed by atoms with Crippen molar-refractivity contribution >= 4 is 16.0 Å². The summed E-state index contributed by atoms with van der Waals surface area (Å²) < 4.78 is 35.5. The van der Waals surface area contributed by atoms with Gasteiger partial charge >= 0.3 is 5.97 Å². The molecule has 0 spiro atoms. The van der Waals surface area contributed by atoms with Crippen LogP contribution in [0.4, 0.5) is 0 Å². The van der Waals surface area contributed by atoms with Crippen molar-refractivity contribution in [1.82, 2.24) is 4.31 Å². The predicted molar refractivity (Wildman–Crippen MR) is 75.7 cm³/mol. The fraction of sp³-hybridized carbons (Fsp3) is 0.462. The van der Waals surface area contributed by atoms with Gasteiger partial charge in [-0.05, 0) is 25.1 Å². The Bertz CT molecular complexity index is 613. The van der Waals surface area contributed by atoms with E-state index in [0.29, 0.717) is 0 Å². The maximum Gasteiger partial charge on any atom is 0.341 e. The molecule has 8 heteroatoms. The van der Waals surface area contributed by atoms with E-state index < -0.39 is 16.0 Å². The lowest BCUT2D eigenvalue weighted by atomic mass is 10.2. The Labute approximate surface area is 124 Å². The third-order valence-electron chi connectivity index (χ3n) is 3.08. The molecular formula is C13H19NO6S. The van der Waals surface area contributed by atoms with Gasteiger partial charge in [-0.15, -0.1) is 0 Å². The van der Waals surface area contributed by atoms with Crippen molar-refractivity contribution in [3.05, 3.63) is 23.8 Å². The van der Waals surface area contributed by atoms with Gasteiger partial charge in [-0.25, -0.2) is 13.2 Å². The van der Waals surface area contributed by atoms with E-state index in [-0.39, 0.29) is 28.9 Å². The Balaban J connectivity index is 3.23. The maximum atomic E-state index is 12.5. The monoisotopic (exact) mass is 317 g/mol. The number of carbonyl (C=O) groups is 1. The summed E-state index contributed by atoms with van der Waals surface area (Å²) in [6.07, 6.45) is 0. The van der Waals surface area contributed by atoms with Crippen LogP contribution in [0.2, 0.25) is 0 Å². The molecule has 1 unspecified atom stereocenters. The highest BCUT2D eigenvalue weighted by atomic mass is 32.2. The van der Waals surface area contributed by atoms with Gasteiger partial charge in [0.15, 0.2) is 0 Å². The number of sulfonamides is 1. The first kappa shape index (κ1) is 17.4. The van der Waals surface area contributed by atoms with E-state index >= 15 is 0 Å². The molecule has 7 nitrogen and oxygen atoms in total. The van der Waals surface area contributed by atoms with Gasteiger partial charge in [0.2, 0.25) is 10.0 Å². The smallest absolute Gasteiger partial charge is 0.341 e. The molecule has 0 radical (unpaired) electrons. The number of hydrogen-bond acceptors (Lipinski definition) is 6. The molecule has 1 atom stereocenters. The van der Waals surface area contributed by atoms with Gasteiger partial charge in [-0.1, -0.05) is 0 Å². The van der Waals surface area contributed by atoms with Crippen LogP contribution in [0.5, 0.6) is 5.75 Å². The summed E-state index contributed by atoms with van der Waals surface area (Å²) in [5.41, 5.74) is -0.202. The summed E-state index contributed by atoms with van der Waals surface area (Å²) in [4.78, 5) is 11.4. The third-order valence-corrected chi connectivity index (χ3v) is 5.05. The lowest BCUT2D eigenvalue weighted by Gasteiger charge is -2.23. The number of likely N-dealkylation sites (N-methyl/N-ethyl adjacent to an activating group) is 1. The van der Waals surface area contributed by atoms with Crippen molar-refractivity contribution in [3.63, 3.8) is 0 Å². The van der Waals surface area contributed by atoms with E-state index in [1.807, 2.05) is 0 Å². The zero-order chi connectivity index (χ0) is 16.2. The van der Waals surface area contributed by atoms with Crippen molar-refractivity contribution in [3.8, 4) is 5.75 Å². The number of ether oxygens (including phenoxy) is 2. The molecule has 0 aromatic heterocycles. The molecule has 0 bridgehead atoms. The first-order valence-electron chi connectivity index (χ1n) is 6.14. The van der Waals surface area contributed by atoms with Crippen LogP contribution < -0.4 is 0 Å². The number of benzene rings is 1. The lowest BCUT2D eigenvalue weighted by Crippen LogP contribution is -2.37. The molecule has 0 amide bonds. The number of phenolic OH excluding ortho intramolecular Hbond substituents is 1.